The van der Waals surface area contributed by atoms with Crippen molar-refractivity contribution >= 4 is 5.91 Å². The predicted octanol–water partition coefficient (Wildman–Crippen LogP) is 1.50. The largest absolute Gasteiger partial charge is 0.494 e. The summed E-state index contributed by atoms with van der Waals surface area (Å²) in [4.78, 5) is 12.5. The van der Waals surface area contributed by atoms with Crippen LogP contribution < -0.4 is 15.8 Å². The lowest BCUT2D eigenvalue weighted by atomic mass is 9.79. The summed E-state index contributed by atoms with van der Waals surface area (Å²) < 4.78 is 10.9. The third kappa shape index (κ3) is 3.99. The van der Waals surface area contributed by atoms with E-state index in [9.17, 15) is 4.79 Å². The Balaban J connectivity index is 1.89. The average molecular weight is 306 g/mol. The molecule has 1 aliphatic heterocycles. The SMILES string of the molecule is CCOc1ccccc1CCNC(=O)C1(CN)CCOCC1. The number of nitrogens with two attached hydrogens (primary N) is 1. The van der Waals surface area contributed by atoms with Crippen LogP contribution in [0.1, 0.15) is 25.3 Å². The van der Waals surface area contributed by atoms with E-state index in [0.717, 1.165) is 17.7 Å². The molecule has 1 amide bonds. The van der Waals surface area contributed by atoms with E-state index in [-0.39, 0.29) is 5.91 Å². The highest BCUT2D eigenvalue weighted by molar-refractivity contribution is 5.83. The van der Waals surface area contributed by atoms with E-state index in [1.807, 2.05) is 31.2 Å². The van der Waals surface area contributed by atoms with Crippen molar-refractivity contribution < 1.29 is 14.3 Å². The van der Waals surface area contributed by atoms with Crippen molar-refractivity contribution in [2.45, 2.75) is 26.2 Å². The zero-order chi connectivity index (χ0) is 15.8. The van der Waals surface area contributed by atoms with Gasteiger partial charge in [0.25, 0.3) is 0 Å². The average Bonchev–Trinajstić information content (AvgIpc) is 2.57. The summed E-state index contributed by atoms with van der Waals surface area (Å²) in [7, 11) is 0. The lowest BCUT2D eigenvalue weighted by Gasteiger charge is -2.34. The van der Waals surface area contributed by atoms with E-state index in [1.165, 1.54) is 0 Å². The van der Waals surface area contributed by atoms with Gasteiger partial charge in [-0.3, -0.25) is 4.79 Å². The van der Waals surface area contributed by atoms with Crippen LogP contribution in [-0.2, 0) is 16.0 Å². The number of carbonyl (C=O) groups excluding carboxylic acids is 1. The van der Waals surface area contributed by atoms with Gasteiger partial charge in [0, 0.05) is 26.3 Å². The molecule has 0 spiro atoms. The van der Waals surface area contributed by atoms with Gasteiger partial charge in [0.05, 0.1) is 12.0 Å². The van der Waals surface area contributed by atoms with Crippen LogP contribution in [-0.4, -0.2) is 38.8 Å². The van der Waals surface area contributed by atoms with Gasteiger partial charge in [0.1, 0.15) is 5.75 Å². The Hall–Kier alpha value is -1.59. The summed E-state index contributed by atoms with van der Waals surface area (Å²) in [6.07, 6.45) is 2.15. The molecule has 1 aliphatic rings. The first-order valence-corrected chi connectivity index (χ1v) is 7.98. The van der Waals surface area contributed by atoms with E-state index in [2.05, 4.69) is 5.32 Å². The summed E-state index contributed by atoms with van der Waals surface area (Å²) >= 11 is 0. The van der Waals surface area contributed by atoms with Gasteiger partial charge >= 0.3 is 0 Å². The molecule has 2 rings (SSSR count). The quantitative estimate of drug-likeness (QED) is 0.800. The number of nitrogens with one attached hydrogen (secondary N) is 1. The topological polar surface area (TPSA) is 73.6 Å². The van der Waals surface area contributed by atoms with E-state index in [0.29, 0.717) is 45.8 Å². The number of benzene rings is 1. The van der Waals surface area contributed by atoms with Crippen LogP contribution in [0.3, 0.4) is 0 Å². The Bertz CT molecular complexity index is 485. The number of hydrogen-bond acceptors (Lipinski definition) is 4. The maximum atomic E-state index is 12.5. The maximum Gasteiger partial charge on any atom is 0.227 e. The molecule has 0 saturated carbocycles. The summed E-state index contributed by atoms with van der Waals surface area (Å²) in [5.41, 5.74) is 6.50. The maximum absolute atomic E-state index is 12.5. The van der Waals surface area contributed by atoms with Crippen LogP contribution in [0.2, 0.25) is 0 Å². The fraction of sp³-hybridized carbons (Fsp3) is 0.588. The molecular formula is C17H26N2O3. The van der Waals surface area contributed by atoms with Crippen molar-refractivity contribution in [3.63, 3.8) is 0 Å². The van der Waals surface area contributed by atoms with Crippen molar-refractivity contribution in [1.29, 1.82) is 0 Å². The third-order valence-electron chi connectivity index (χ3n) is 4.27. The molecule has 1 saturated heterocycles. The van der Waals surface area contributed by atoms with E-state index >= 15 is 0 Å². The lowest BCUT2D eigenvalue weighted by molar-refractivity contribution is -0.135. The zero-order valence-electron chi connectivity index (χ0n) is 13.3. The van der Waals surface area contributed by atoms with E-state index < -0.39 is 5.41 Å². The highest BCUT2D eigenvalue weighted by Gasteiger charge is 2.38. The van der Waals surface area contributed by atoms with Gasteiger partial charge in [-0.15, -0.1) is 0 Å². The van der Waals surface area contributed by atoms with Crippen molar-refractivity contribution in [3.05, 3.63) is 29.8 Å². The molecule has 1 heterocycles. The molecule has 3 N–H and O–H groups in total. The Morgan fingerprint density at radius 1 is 1.36 bits per heavy atom. The molecule has 0 aliphatic carbocycles. The molecule has 122 valence electrons. The van der Waals surface area contributed by atoms with Gasteiger partial charge in [0.2, 0.25) is 5.91 Å². The van der Waals surface area contributed by atoms with Gasteiger partial charge in [-0.05, 0) is 37.8 Å². The summed E-state index contributed by atoms with van der Waals surface area (Å²) in [6.45, 7) is 4.78. The van der Waals surface area contributed by atoms with Crippen molar-refractivity contribution in [2.75, 3.05) is 32.9 Å². The molecule has 0 bridgehead atoms. The smallest absolute Gasteiger partial charge is 0.227 e. The summed E-state index contributed by atoms with van der Waals surface area (Å²) in [6, 6.07) is 7.93. The van der Waals surface area contributed by atoms with Crippen LogP contribution in [0, 0.1) is 5.41 Å². The molecule has 1 aromatic carbocycles. The van der Waals surface area contributed by atoms with Crippen LogP contribution in [0.25, 0.3) is 0 Å². The zero-order valence-corrected chi connectivity index (χ0v) is 13.3. The second-order valence-corrected chi connectivity index (χ2v) is 5.64. The first-order chi connectivity index (χ1) is 10.7. The second kappa shape index (κ2) is 8.15. The minimum absolute atomic E-state index is 0.0483. The number of para-hydroxylation sites is 1. The monoisotopic (exact) mass is 306 g/mol. The van der Waals surface area contributed by atoms with Crippen LogP contribution in [0.15, 0.2) is 24.3 Å². The Kier molecular flexibility index (Phi) is 6.21. The highest BCUT2D eigenvalue weighted by Crippen LogP contribution is 2.29. The number of ether oxygens (including phenoxy) is 2. The summed E-state index contributed by atoms with van der Waals surface area (Å²) in [5.74, 6) is 0.936. The van der Waals surface area contributed by atoms with Crippen molar-refractivity contribution in [3.8, 4) is 5.75 Å². The number of hydrogen-bond donors (Lipinski definition) is 2. The van der Waals surface area contributed by atoms with Gasteiger partial charge in [-0.1, -0.05) is 18.2 Å². The standard InChI is InChI=1S/C17H26N2O3/c1-2-22-15-6-4-3-5-14(15)7-10-19-16(20)17(13-18)8-11-21-12-9-17/h3-6H,2,7-13,18H2,1H3,(H,19,20). The fourth-order valence-corrected chi connectivity index (χ4v) is 2.79. The number of rotatable bonds is 7. The minimum Gasteiger partial charge on any atom is -0.494 e. The van der Waals surface area contributed by atoms with Crippen molar-refractivity contribution in [2.24, 2.45) is 11.1 Å². The van der Waals surface area contributed by atoms with Gasteiger partial charge < -0.3 is 20.5 Å². The van der Waals surface area contributed by atoms with Crippen LogP contribution in [0.5, 0.6) is 5.75 Å². The molecule has 1 aromatic rings. The number of carbonyl (C=O) groups is 1. The van der Waals surface area contributed by atoms with Crippen LogP contribution >= 0.6 is 0 Å². The first kappa shape index (κ1) is 16.8. The summed E-state index contributed by atoms with van der Waals surface area (Å²) in [5, 5.41) is 3.03. The molecule has 5 nitrogen and oxygen atoms in total. The van der Waals surface area contributed by atoms with Crippen molar-refractivity contribution in [1.82, 2.24) is 5.32 Å². The molecule has 0 atom stereocenters. The first-order valence-electron chi connectivity index (χ1n) is 7.98. The minimum atomic E-state index is -0.461. The molecule has 0 aromatic heterocycles. The molecule has 1 fully saturated rings. The third-order valence-corrected chi connectivity index (χ3v) is 4.27. The molecule has 22 heavy (non-hydrogen) atoms. The normalized spacial score (nSPS) is 17.0. The van der Waals surface area contributed by atoms with Gasteiger partial charge in [-0.25, -0.2) is 0 Å². The van der Waals surface area contributed by atoms with Crippen LogP contribution in [0.4, 0.5) is 0 Å². The van der Waals surface area contributed by atoms with E-state index in [4.69, 9.17) is 15.2 Å². The lowest BCUT2D eigenvalue weighted by Crippen LogP contribution is -2.49. The fourth-order valence-electron chi connectivity index (χ4n) is 2.79. The Morgan fingerprint density at radius 2 is 2.09 bits per heavy atom. The second-order valence-electron chi connectivity index (χ2n) is 5.64. The highest BCUT2D eigenvalue weighted by atomic mass is 16.5. The number of amides is 1. The molecule has 0 radical (unpaired) electrons. The Labute approximate surface area is 132 Å². The molecule has 5 heteroatoms. The predicted molar refractivity (Wildman–Crippen MR) is 85.9 cm³/mol. The molecular weight excluding hydrogens is 280 g/mol. The molecule has 0 unspecified atom stereocenters. The van der Waals surface area contributed by atoms with Gasteiger partial charge in [-0.2, -0.15) is 0 Å². The Morgan fingerprint density at radius 3 is 2.77 bits per heavy atom. The van der Waals surface area contributed by atoms with E-state index in [1.54, 1.807) is 0 Å². The van der Waals surface area contributed by atoms with Gasteiger partial charge in [0.15, 0.2) is 0 Å².